The van der Waals surface area contributed by atoms with Gasteiger partial charge >= 0.3 is 239 Å². The number of carbonyl (C=O) groups excluding carboxylic acids is 1. The zero-order valence-corrected chi connectivity index (χ0v) is 34.8. The van der Waals surface area contributed by atoms with E-state index in [2.05, 4.69) is 137 Å². The number of aliphatic hydroxyl groups is 1. The Hall–Kier alpha value is -3.09. The summed E-state index contributed by atoms with van der Waals surface area (Å²) in [5.74, 6) is 5.02. The van der Waals surface area contributed by atoms with Gasteiger partial charge in [0.2, 0.25) is 0 Å². The van der Waals surface area contributed by atoms with Crippen molar-refractivity contribution in [2.24, 2.45) is 0 Å². The molecule has 0 amide bonds. The van der Waals surface area contributed by atoms with Crippen LogP contribution in [-0.4, -0.2) is 37.2 Å². The fourth-order valence-electron chi connectivity index (χ4n) is 6.57. The normalized spacial score (nSPS) is 13.6. The van der Waals surface area contributed by atoms with Crippen molar-refractivity contribution >= 4 is 51.9 Å². The number of aliphatic hydroxyl groups excluding tert-OH is 1. The fraction of sp³-hybridized carbons (Fsp3) is 0.268. The van der Waals surface area contributed by atoms with Gasteiger partial charge in [-0.05, 0) is 13.8 Å². The van der Waals surface area contributed by atoms with Crippen LogP contribution in [0.2, 0.25) is 31.2 Å². The van der Waals surface area contributed by atoms with Crippen LogP contribution in [0, 0.1) is 6.07 Å². The SMILES string of the molecule is CC(=O)/C=C(/C)O.CC(C)(C)c1cc(-c2nccc3[c]2[Ge]([CH3])([CH3])[c]2cc(-c4ccc([Si](C)(C)C)cc4)ccc2-3)[c-]c2ccccc12.[Ir]. The molecule has 1 aliphatic rings. The molecule has 0 saturated heterocycles. The third-order valence-corrected chi connectivity index (χ3v) is 18.3. The van der Waals surface area contributed by atoms with Crippen molar-refractivity contribution < 1.29 is 30.0 Å². The molecular formula is C41H46GeIrNO2Si-. The van der Waals surface area contributed by atoms with Crippen molar-refractivity contribution in [3.05, 3.63) is 109 Å². The van der Waals surface area contributed by atoms with E-state index in [-0.39, 0.29) is 37.1 Å². The first-order valence-corrected chi connectivity index (χ1v) is 25.9. The van der Waals surface area contributed by atoms with E-state index in [1.54, 1.807) is 4.40 Å². The molecule has 0 bridgehead atoms. The summed E-state index contributed by atoms with van der Waals surface area (Å²) in [7, 11) is -1.31. The first-order valence-electron chi connectivity index (χ1n) is 16.1. The minimum Gasteiger partial charge on any atom is 0 e. The predicted octanol–water partition coefficient (Wildman–Crippen LogP) is 9.05. The number of hydrogen-bond acceptors (Lipinski definition) is 3. The zero-order valence-electron chi connectivity index (χ0n) is 29.3. The smallest absolute Gasteiger partial charge is 0 e. The Morgan fingerprint density at radius 2 is 1.51 bits per heavy atom. The topological polar surface area (TPSA) is 50.2 Å². The van der Waals surface area contributed by atoms with E-state index < -0.39 is 21.3 Å². The Balaban J connectivity index is 0.000000565. The van der Waals surface area contributed by atoms with E-state index >= 15 is 0 Å². The van der Waals surface area contributed by atoms with E-state index in [4.69, 9.17) is 10.1 Å². The van der Waals surface area contributed by atoms with Crippen LogP contribution >= 0.6 is 0 Å². The van der Waals surface area contributed by atoms with Crippen molar-refractivity contribution in [1.82, 2.24) is 4.98 Å². The maximum atomic E-state index is 10.0. The molecule has 1 aliphatic heterocycles. The second kappa shape index (κ2) is 13.8. The Bertz CT molecular complexity index is 1980. The number of nitrogens with zero attached hydrogens (tertiary/aromatic N) is 1. The molecule has 6 heteroatoms. The molecule has 1 radical (unpaired) electrons. The summed E-state index contributed by atoms with van der Waals surface area (Å²) in [5, 5.41) is 12.3. The minimum atomic E-state index is -2.67. The number of fused-ring (bicyclic) bond motifs is 4. The number of benzene rings is 4. The van der Waals surface area contributed by atoms with Crippen molar-refractivity contribution in [2.75, 3.05) is 0 Å². The predicted molar refractivity (Wildman–Crippen MR) is 202 cm³/mol. The molecule has 0 atom stereocenters. The second-order valence-corrected chi connectivity index (χ2v) is 29.2. The standard InChI is InChI=1S/C36H38GeNSi.C5H8O2.Ir/c1-36(2,3)32-22-27(21-26-11-9-10-12-29(26)32)35-34-31(19-20-38-35)30-18-15-25(23-33(30)37(34,4)5)24-13-16-28(17-14-24)39(6,7)8;1-4(6)3-5(2)7;/h9-20,22-23H,1-8H3;3,6H,1-2H3;/q-1;;/b;4-3-;. The Labute approximate surface area is 298 Å². The van der Waals surface area contributed by atoms with Gasteiger partial charge in [0.05, 0.1) is 5.76 Å². The monoisotopic (exact) mass is 879 g/mol. The molecule has 0 saturated carbocycles. The molecule has 47 heavy (non-hydrogen) atoms. The van der Waals surface area contributed by atoms with Gasteiger partial charge in [0, 0.05) is 26.2 Å². The summed E-state index contributed by atoms with van der Waals surface area (Å²) in [6.07, 6.45) is 3.17. The van der Waals surface area contributed by atoms with E-state index in [9.17, 15) is 4.79 Å². The summed E-state index contributed by atoms with van der Waals surface area (Å²) in [5.41, 5.74) is 9.05. The van der Waals surface area contributed by atoms with Gasteiger partial charge in [-0.3, -0.25) is 4.79 Å². The number of aromatic nitrogens is 1. The van der Waals surface area contributed by atoms with E-state index in [1.807, 2.05) is 6.20 Å². The van der Waals surface area contributed by atoms with Gasteiger partial charge in [0.25, 0.3) is 0 Å². The molecule has 0 spiro atoms. The van der Waals surface area contributed by atoms with Gasteiger partial charge < -0.3 is 5.11 Å². The third-order valence-electron chi connectivity index (χ3n) is 8.89. The first-order chi connectivity index (χ1) is 21.5. The molecule has 245 valence electrons. The van der Waals surface area contributed by atoms with E-state index in [0.717, 1.165) is 11.3 Å². The van der Waals surface area contributed by atoms with E-state index in [1.165, 1.54) is 68.1 Å². The summed E-state index contributed by atoms with van der Waals surface area (Å²) in [4.78, 5) is 15.1. The molecule has 0 unspecified atom stereocenters. The summed E-state index contributed by atoms with van der Waals surface area (Å²) in [6, 6.07) is 33.6. The maximum Gasteiger partial charge on any atom is 0 e. The Morgan fingerprint density at radius 3 is 2.09 bits per heavy atom. The van der Waals surface area contributed by atoms with Crippen LogP contribution in [0.4, 0.5) is 0 Å². The van der Waals surface area contributed by atoms with Crippen molar-refractivity contribution in [3.63, 3.8) is 0 Å². The van der Waals surface area contributed by atoms with Gasteiger partial charge in [-0.15, -0.1) is 0 Å². The molecule has 1 N–H and O–H groups in total. The van der Waals surface area contributed by atoms with E-state index in [0.29, 0.717) is 0 Å². The number of ketones is 1. The van der Waals surface area contributed by atoms with Gasteiger partial charge in [0.1, 0.15) is 0 Å². The molecular weight excluding hydrogens is 831 g/mol. The molecule has 5 aromatic rings. The number of rotatable bonds is 4. The molecule has 6 rings (SSSR count). The summed E-state index contributed by atoms with van der Waals surface area (Å²) in [6.45, 7) is 17.0. The van der Waals surface area contributed by atoms with Crippen molar-refractivity contribution in [3.8, 4) is 33.5 Å². The van der Waals surface area contributed by atoms with Crippen LogP contribution in [-0.2, 0) is 30.3 Å². The number of carbonyl (C=O) groups is 1. The Morgan fingerprint density at radius 1 is 0.872 bits per heavy atom. The van der Waals surface area contributed by atoms with Crippen LogP contribution in [0.5, 0.6) is 0 Å². The largest absolute Gasteiger partial charge is 0 e. The number of pyridine rings is 1. The number of hydrogen-bond donors (Lipinski definition) is 1. The summed E-state index contributed by atoms with van der Waals surface area (Å²) >= 11 is -2.67. The second-order valence-electron chi connectivity index (χ2n) is 15.1. The molecule has 0 fully saturated rings. The minimum absolute atomic E-state index is 0. The fourth-order valence-corrected chi connectivity index (χ4v) is 14.8. The zero-order chi connectivity index (χ0) is 33.6. The number of allylic oxidation sites excluding steroid dienone is 2. The molecule has 4 aromatic carbocycles. The van der Waals surface area contributed by atoms with Gasteiger partial charge in [0.15, 0.2) is 5.78 Å². The molecule has 2 heterocycles. The van der Waals surface area contributed by atoms with Crippen LogP contribution < -0.4 is 14.0 Å². The van der Waals surface area contributed by atoms with Crippen LogP contribution in [0.3, 0.4) is 0 Å². The van der Waals surface area contributed by atoms with Gasteiger partial charge in [-0.2, -0.15) is 0 Å². The molecule has 1 aromatic heterocycles. The van der Waals surface area contributed by atoms with Crippen molar-refractivity contribution in [1.29, 1.82) is 0 Å². The van der Waals surface area contributed by atoms with Crippen molar-refractivity contribution in [2.45, 2.75) is 71.2 Å². The Kier molecular flexibility index (Phi) is 10.8. The van der Waals surface area contributed by atoms with Gasteiger partial charge in [-0.1, -0.05) is 0 Å². The van der Waals surface area contributed by atoms with Crippen LogP contribution in [0.1, 0.15) is 40.2 Å². The maximum absolute atomic E-state index is 10.0. The average Bonchev–Trinajstić information content (AvgIpc) is 3.21. The first kappa shape index (κ1) is 36.7. The van der Waals surface area contributed by atoms with Crippen LogP contribution in [0.25, 0.3) is 44.3 Å². The average molecular weight is 878 g/mol. The molecule has 0 aliphatic carbocycles. The van der Waals surface area contributed by atoms with Gasteiger partial charge in [-0.25, -0.2) is 0 Å². The summed E-state index contributed by atoms with van der Waals surface area (Å²) < 4.78 is 3.05. The van der Waals surface area contributed by atoms with Crippen LogP contribution in [0.15, 0.2) is 96.9 Å². The quantitative estimate of drug-likeness (QED) is 0.0850. The third kappa shape index (κ3) is 7.65. The molecule has 3 nitrogen and oxygen atoms in total.